The highest BCUT2D eigenvalue weighted by Gasteiger charge is 2.71. The smallest absolute Gasteiger partial charge is 0.459 e. The number of benzene rings is 3. The van der Waals surface area contributed by atoms with E-state index in [0.29, 0.717) is 4.90 Å². The quantitative estimate of drug-likeness (QED) is 0.0845. The molecule has 0 saturated carbocycles. The number of piperazine rings is 1. The molecule has 3 aromatic carbocycles. The lowest BCUT2D eigenvalue weighted by atomic mass is 9.91. The van der Waals surface area contributed by atoms with Crippen LogP contribution in [-0.2, 0) is 46.7 Å². The van der Waals surface area contributed by atoms with E-state index in [1.165, 1.54) is 45.8 Å². The zero-order valence-corrected chi connectivity index (χ0v) is 31.1. The molecule has 16 nitrogen and oxygen atoms in total. The number of nitrogens with one attached hydrogen (secondary N) is 2. The Bertz CT molecular complexity index is 1980. The number of nitrogens with two attached hydrogens (primary N) is 1. The number of thioether (sulfide) groups is 1. The number of fused-ring (bicyclic) bond motifs is 1. The predicted molar refractivity (Wildman–Crippen MR) is 196 cm³/mol. The minimum absolute atomic E-state index is 0.00417. The highest BCUT2D eigenvalue weighted by Crippen LogP contribution is 2.53. The molecule has 0 spiro atoms. The summed E-state index contributed by atoms with van der Waals surface area (Å²) in [6, 6.07) is 19.9. The average Bonchev–Trinajstić information content (AvgIpc) is 3.46. The van der Waals surface area contributed by atoms with E-state index in [9.17, 15) is 33.6 Å². The Labute approximate surface area is 320 Å². The van der Waals surface area contributed by atoms with Gasteiger partial charge in [0.15, 0.2) is 5.66 Å². The number of carbonyl (C=O) groups excluding carboxylic acids is 7. The molecule has 3 fully saturated rings. The van der Waals surface area contributed by atoms with Crippen molar-refractivity contribution < 1.29 is 47.8 Å². The number of likely N-dealkylation sites (N-methyl/N-ethyl adjacent to an activating group) is 1. The van der Waals surface area contributed by atoms with Crippen molar-refractivity contribution in [2.45, 2.75) is 61.9 Å². The second kappa shape index (κ2) is 15.8. The van der Waals surface area contributed by atoms with E-state index in [0.717, 1.165) is 11.1 Å². The number of hydrogen-bond donors (Lipinski definition) is 3. The summed E-state index contributed by atoms with van der Waals surface area (Å²) in [7, 11) is 0. The van der Waals surface area contributed by atoms with Gasteiger partial charge in [0.25, 0.3) is 5.91 Å². The van der Waals surface area contributed by atoms with Gasteiger partial charge < -0.3 is 34.6 Å². The maximum atomic E-state index is 14.1. The Morgan fingerprint density at radius 3 is 2.05 bits per heavy atom. The molecule has 17 heteroatoms. The summed E-state index contributed by atoms with van der Waals surface area (Å²) in [5.41, 5.74) is 6.26. The molecule has 55 heavy (non-hydrogen) atoms. The predicted octanol–water partition coefficient (Wildman–Crippen LogP) is 2.42. The van der Waals surface area contributed by atoms with Gasteiger partial charge >= 0.3 is 30.0 Å². The minimum Gasteiger partial charge on any atom is -0.459 e. The highest BCUT2D eigenvalue weighted by molar-refractivity contribution is 8.01. The molecule has 0 aliphatic carbocycles. The van der Waals surface area contributed by atoms with Crippen molar-refractivity contribution in [3.05, 3.63) is 102 Å². The summed E-state index contributed by atoms with van der Waals surface area (Å²) in [6.45, 7) is 5.44. The Balaban J connectivity index is 1.18. The molecule has 3 heterocycles. The number of ether oxygens (including phenoxy) is 3. The summed E-state index contributed by atoms with van der Waals surface area (Å²) in [5, 5.41) is 4.18. The van der Waals surface area contributed by atoms with Gasteiger partial charge in [0.1, 0.15) is 36.4 Å². The average molecular weight is 773 g/mol. The van der Waals surface area contributed by atoms with Crippen molar-refractivity contribution >= 4 is 53.5 Å². The number of hydrogen-bond acceptors (Lipinski definition) is 12. The fraction of sp³-hybridized carbons (Fsp3) is 0.342. The number of β-lactam (4-membered cyclic amide) rings is 1. The van der Waals surface area contributed by atoms with Crippen LogP contribution in [-0.4, -0.2) is 97.9 Å². The molecule has 0 bridgehead atoms. The molecule has 1 unspecified atom stereocenters. The van der Waals surface area contributed by atoms with Crippen molar-refractivity contribution in [3.63, 3.8) is 0 Å². The molecule has 288 valence electrons. The van der Waals surface area contributed by atoms with Gasteiger partial charge in [-0.1, -0.05) is 72.8 Å². The molecule has 3 aliphatic rings. The topological polar surface area (TPSA) is 207 Å². The molecule has 0 radical (unpaired) electrons. The first kappa shape index (κ1) is 38.8. The van der Waals surface area contributed by atoms with Gasteiger partial charge in [0, 0.05) is 24.4 Å². The normalized spacial score (nSPS) is 21.9. The fourth-order valence-electron chi connectivity index (χ4n) is 6.51. The molecule has 0 aromatic heterocycles. The Kier molecular flexibility index (Phi) is 11.1. The van der Waals surface area contributed by atoms with Crippen LogP contribution in [0.3, 0.4) is 0 Å². The van der Waals surface area contributed by atoms with Crippen LogP contribution < -0.4 is 21.1 Å². The number of carbonyl (C=O) groups is 7. The summed E-state index contributed by atoms with van der Waals surface area (Å²) < 4.78 is 15.1. The molecule has 6 rings (SSSR count). The van der Waals surface area contributed by atoms with Gasteiger partial charge in [-0.05, 0) is 49.6 Å². The molecule has 3 saturated heterocycles. The van der Waals surface area contributed by atoms with Gasteiger partial charge in [-0.2, -0.15) is 0 Å². The molecular formula is C38H40N6O10S. The maximum absolute atomic E-state index is 14.1. The zero-order chi connectivity index (χ0) is 39.5. The molecule has 4 N–H and O–H groups in total. The number of imide groups is 1. The number of urea groups is 1. The van der Waals surface area contributed by atoms with E-state index in [2.05, 4.69) is 10.6 Å². The van der Waals surface area contributed by atoms with Gasteiger partial charge in [0.2, 0.25) is 5.91 Å². The van der Waals surface area contributed by atoms with E-state index in [1.807, 2.05) is 24.3 Å². The third-order valence-corrected chi connectivity index (χ3v) is 11.1. The van der Waals surface area contributed by atoms with Gasteiger partial charge in [-0.15, -0.1) is 11.8 Å². The monoisotopic (exact) mass is 772 g/mol. The van der Waals surface area contributed by atoms with Crippen LogP contribution in [0.1, 0.15) is 43.5 Å². The fourth-order valence-corrected chi connectivity index (χ4v) is 8.10. The number of rotatable bonds is 11. The second-order valence-corrected chi connectivity index (χ2v) is 15.3. The summed E-state index contributed by atoms with van der Waals surface area (Å²) in [4.78, 5) is 95.7. The van der Waals surface area contributed by atoms with Crippen LogP contribution in [0.25, 0.3) is 0 Å². The van der Waals surface area contributed by atoms with Crippen LogP contribution in [0.4, 0.5) is 9.59 Å². The van der Waals surface area contributed by atoms with Crippen LogP contribution >= 0.6 is 11.8 Å². The van der Waals surface area contributed by atoms with Crippen LogP contribution in [0, 0.1) is 0 Å². The molecule has 3 aromatic rings. The van der Waals surface area contributed by atoms with Crippen LogP contribution in [0.15, 0.2) is 84.9 Å². The molecular weight excluding hydrogens is 733 g/mol. The standard InChI is InChI=1S/C38H40N6O10S/c1-4-42-19-20-43(31(47)30(42)46)35(50)40-27(25-15-17-26(18-16-25)54-36(51)53-22-24-13-9-6-10-14-24)29(45)41-38(39)33(49)44-28(37(2,3)55-34(38)44)32(48)52-21-23-11-7-5-8-12-23/h5-18,27-28,34H,4,19-22,39H2,1-3H3,(H,40,50)(H,41,45)/t27?,28-,34+,38+/m0/s1. The lowest BCUT2D eigenvalue weighted by Gasteiger charge is -2.51. The lowest BCUT2D eigenvalue weighted by molar-refractivity contribution is -0.171. The van der Waals surface area contributed by atoms with Crippen LogP contribution in [0.2, 0.25) is 0 Å². The first-order valence-electron chi connectivity index (χ1n) is 17.4. The first-order chi connectivity index (χ1) is 26.2. The minimum atomic E-state index is -2.00. The second-order valence-electron chi connectivity index (χ2n) is 13.6. The van der Waals surface area contributed by atoms with Gasteiger partial charge in [0.05, 0.1) is 0 Å². The van der Waals surface area contributed by atoms with Crippen molar-refractivity contribution in [3.8, 4) is 5.75 Å². The maximum Gasteiger partial charge on any atom is 0.514 e. The third-order valence-electron chi connectivity index (χ3n) is 9.44. The van der Waals surface area contributed by atoms with E-state index < -0.39 is 69.7 Å². The van der Waals surface area contributed by atoms with Gasteiger partial charge in [-0.25, -0.2) is 14.4 Å². The van der Waals surface area contributed by atoms with Crippen molar-refractivity contribution in [1.82, 2.24) is 25.3 Å². The van der Waals surface area contributed by atoms with Crippen molar-refractivity contribution in [2.75, 3.05) is 19.6 Å². The van der Waals surface area contributed by atoms with Crippen molar-refractivity contribution in [1.29, 1.82) is 0 Å². The third kappa shape index (κ3) is 7.98. The van der Waals surface area contributed by atoms with E-state index in [4.69, 9.17) is 19.9 Å². The Hall–Kier alpha value is -5.94. The van der Waals surface area contributed by atoms with E-state index >= 15 is 0 Å². The summed E-state index contributed by atoms with van der Waals surface area (Å²) in [5.74, 6) is -4.20. The summed E-state index contributed by atoms with van der Waals surface area (Å²) in [6.07, 6.45) is -0.981. The van der Waals surface area contributed by atoms with E-state index in [-0.39, 0.29) is 44.2 Å². The largest absolute Gasteiger partial charge is 0.514 e. The molecule has 6 amide bonds. The molecule has 4 atom stereocenters. The van der Waals surface area contributed by atoms with Crippen LogP contribution in [0.5, 0.6) is 5.75 Å². The zero-order valence-electron chi connectivity index (χ0n) is 30.3. The molecule has 3 aliphatic heterocycles. The Morgan fingerprint density at radius 2 is 1.45 bits per heavy atom. The summed E-state index contributed by atoms with van der Waals surface area (Å²) >= 11 is 1.21. The number of amides is 6. The Morgan fingerprint density at radius 1 is 0.855 bits per heavy atom. The lowest BCUT2D eigenvalue weighted by Crippen LogP contribution is -2.84. The van der Waals surface area contributed by atoms with Crippen molar-refractivity contribution in [2.24, 2.45) is 5.73 Å². The van der Waals surface area contributed by atoms with Gasteiger partial charge in [-0.3, -0.25) is 29.8 Å². The SMILES string of the molecule is CCN1CCN(C(=O)NC(C(=O)N[C@]2(N)C(=O)N3[C@@H](C(=O)OCc4ccccc4)C(C)(C)S[C@@H]32)c2ccc(OC(=O)OCc3ccccc3)cc2)C(=O)C1=O. The first-order valence-corrected chi connectivity index (χ1v) is 18.3. The number of nitrogens with zero attached hydrogens (tertiary/aromatic N) is 3. The highest BCUT2D eigenvalue weighted by atomic mass is 32.2. The number of esters is 1. The van der Waals surface area contributed by atoms with E-state index in [1.54, 1.807) is 57.2 Å².